The molecule has 7 N–H and O–H groups in total. The van der Waals surface area contributed by atoms with Crippen LogP contribution in [0.25, 0.3) is 6.08 Å². The van der Waals surface area contributed by atoms with Crippen molar-refractivity contribution < 1.29 is 14.3 Å². The fraction of sp³-hybridized carbons (Fsp3) is 0.192. The number of carbonyl (C=O) groups is 2. The average molecular weight is 520 g/mol. The van der Waals surface area contributed by atoms with Crippen LogP contribution in [0.5, 0.6) is 0 Å². The van der Waals surface area contributed by atoms with Gasteiger partial charge in [0.05, 0.1) is 17.8 Å². The lowest BCUT2D eigenvalue weighted by molar-refractivity contribution is -0.118. The van der Waals surface area contributed by atoms with Crippen molar-refractivity contribution in [2.45, 2.75) is 19.3 Å². The Labute approximate surface area is 218 Å². The molecule has 11 heteroatoms. The molecule has 3 aliphatic rings. The first kappa shape index (κ1) is 25.6. The van der Waals surface area contributed by atoms with E-state index in [1.54, 1.807) is 30.5 Å². The number of pyridine rings is 1. The topological polar surface area (TPSA) is 169 Å². The molecule has 37 heavy (non-hydrogen) atoms. The number of nitrogen functional groups attached to an aromatic ring is 1. The molecule has 2 amide bonds. The molecule has 0 saturated carbocycles. The van der Waals surface area contributed by atoms with Gasteiger partial charge in [0.25, 0.3) is 5.91 Å². The largest absolute Gasteiger partial charge is 0.462 e. The number of ether oxygens (including phenoxy) is 1. The van der Waals surface area contributed by atoms with Gasteiger partial charge in [0, 0.05) is 23.8 Å². The van der Waals surface area contributed by atoms with Gasteiger partial charge in [0.2, 0.25) is 5.91 Å². The second kappa shape index (κ2) is 11.5. The fourth-order valence-electron chi connectivity index (χ4n) is 4.00. The van der Waals surface area contributed by atoms with Crippen LogP contribution in [0.15, 0.2) is 87.1 Å². The molecular weight excluding hydrogens is 494 g/mol. The second-order valence-corrected chi connectivity index (χ2v) is 8.91. The number of amidine groups is 1. The van der Waals surface area contributed by atoms with Gasteiger partial charge >= 0.3 is 0 Å². The summed E-state index contributed by atoms with van der Waals surface area (Å²) in [7, 11) is 0. The van der Waals surface area contributed by atoms with Crippen molar-refractivity contribution >= 4 is 47.4 Å². The molecule has 2 heterocycles. The summed E-state index contributed by atoms with van der Waals surface area (Å²) < 4.78 is 5.92. The number of amides is 2. The van der Waals surface area contributed by atoms with Crippen LogP contribution in [0.3, 0.4) is 0 Å². The van der Waals surface area contributed by atoms with Gasteiger partial charge in [-0.2, -0.15) is 5.10 Å². The summed E-state index contributed by atoms with van der Waals surface area (Å²) in [6, 6.07) is 3.44. The van der Waals surface area contributed by atoms with E-state index >= 15 is 0 Å². The molecule has 1 aromatic rings. The summed E-state index contributed by atoms with van der Waals surface area (Å²) in [5, 5.41) is 14.0. The Kier molecular flexibility index (Phi) is 7.99. The van der Waals surface area contributed by atoms with E-state index in [-0.39, 0.29) is 30.1 Å². The SMILES string of the molecule is N=CC(N)=NNC(=O)C1=CC=C(C2=CC(Cl)=C3OC(CNC(=O)C=Cc4ccc(N)nc4)=CC3C2)CC1. The van der Waals surface area contributed by atoms with E-state index < -0.39 is 0 Å². The van der Waals surface area contributed by atoms with Crippen molar-refractivity contribution in [3.8, 4) is 0 Å². The Morgan fingerprint density at radius 1 is 1.27 bits per heavy atom. The van der Waals surface area contributed by atoms with Crippen LogP contribution in [0.4, 0.5) is 5.82 Å². The number of hydrazone groups is 1. The minimum atomic E-state index is -0.350. The summed E-state index contributed by atoms with van der Waals surface area (Å²) in [5.74, 6) is 1.00. The Bertz CT molecular complexity index is 1330. The van der Waals surface area contributed by atoms with Crippen LogP contribution in [-0.4, -0.2) is 35.4 Å². The Balaban J connectivity index is 1.33. The first-order valence-electron chi connectivity index (χ1n) is 11.5. The number of hydrogen-bond donors (Lipinski definition) is 5. The van der Waals surface area contributed by atoms with Gasteiger partial charge in [0.15, 0.2) is 5.84 Å². The highest BCUT2D eigenvalue weighted by molar-refractivity contribution is 6.31. The van der Waals surface area contributed by atoms with E-state index in [4.69, 9.17) is 33.2 Å². The van der Waals surface area contributed by atoms with Crippen molar-refractivity contribution in [1.82, 2.24) is 15.7 Å². The molecule has 2 aliphatic carbocycles. The van der Waals surface area contributed by atoms with Crippen LogP contribution >= 0.6 is 11.6 Å². The highest BCUT2D eigenvalue weighted by Crippen LogP contribution is 2.42. The monoisotopic (exact) mass is 519 g/mol. The summed E-state index contributed by atoms with van der Waals surface area (Å²) in [5.41, 5.74) is 16.8. The van der Waals surface area contributed by atoms with Gasteiger partial charge in [-0.05, 0) is 66.3 Å². The quantitative estimate of drug-likeness (QED) is 0.153. The molecule has 0 aromatic carbocycles. The van der Waals surface area contributed by atoms with Crippen LogP contribution in [0.1, 0.15) is 24.8 Å². The predicted octanol–water partition coefficient (Wildman–Crippen LogP) is 2.79. The zero-order valence-electron chi connectivity index (χ0n) is 19.8. The van der Waals surface area contributed by atoms with Gasteiger partial charge in [-0.3, -0.25) is 9.59 Å². The predicted molar refractivity (Wildman–Crippen MR) is 143 cm³/mol. The average Bonchev–Trinajstić information content (AvgIpc) is 3.34. The number of hydrogen-bond acceptors (Lipinski definition) is 7. The van der Waals surface area contributed by atoms with E-state index in [2.05, 4.69) is 20.8 Å². The summed E-state index contributed by atoms with van der Waals surface area (Å²) in [6.45, 7) is 0.234. The van der Waals surface area contributed by atoms with Gasteiger partial charge in [-0.1, -0.05) is 23.8 Å². The number of aromatic nitrogens is 1. The van der Waals surface area contributed by atoms with Gasteiger partial charge < -0.3 is 26.9 Å². The molecule has 0 radical (unpaired) electrons. The van der Waals surface area contributed by atoms with Crippen molar-refractivity contribution in [3.05, 3.63) is 87.5 Å². The zero-order valence-corrected chi connectivity index (χ0v) is 20.6. The van der Waals surface area contributed by atoms with Crippen LogP contribution < -0.4 is 22.2 Å². The molecule has 0 fully saturated rings. The maximum Gasteiger partial charge on any atom is 0.267 e. The summed E-state index contributed by atoms with van der Waals surface area (Å²) in [4.78, 5) is 28.4. The van der Waals surface area contributed by atoms with Crippen LogP contribution in [0, 0.1) is 11.3 Å². The normalized spacial score (nSPS) is 19.3. The number of rotatable bonds is 8. The molecule has 1 aliphatic heterocycles. The molecule has 1 atom stereocenters. The number of carbonyl (C=O) groups excluding carboxylic acids is 2. The minimum Gasteiger partial charge on any atom is -0.462 e. The minimum absolute atomic E-state index is 0.0243. The molecule has 4 rings (SSSR count). The molecular formula is C26H26ClN7O3. The maximum atomic E-state index is 12.2. The van der Waals surface area contributed by atoms with Crippen molar-refractivity contribution in [1.29, 1.82) is 5.41 Å². The van der Waals surface area contributed by atoms with Gasteiger partial charge in [0.1, 0.15) is 17.3 Å². The standard InChI is InChI=1S/C26H26ClN7O3/c27-21-11-18(16-3-5-17(6-4-16)26(36)34-33-23(30)12-28)9-19-10-20(37-25(19)21)14-32-24(35)8-2-15-1-7-22(29)31-13-15/h1-3,5,7-8,10-13,19,28H,4,6,9,14H2,(H2,29,31)(H2,30,33)(H,32,35)(H,34,36). The Morgan fingerprint density at radius 2 is 2.11 bits per heavy atom. The molecule has 0 spiro atoms. The van der Waals surface area contributed by atoms with E-state index in [1.165, 1.54) is 6.08 Å². The zero-order chi connectivity index (χ0) is 26.4. The lowest BCUT2D eigenvalue weighted by atomic mass is 9.84. The van der Waals surface area contributed by atoms with Gasteiger partial charge in [-0.25, -0.2) is 10.4 Å². The molecule has 1 aromatic heterocycles. The third-order valence-corrected chi connectivity index (χ3v) is 6.20. The number of fused-ring (bicyclic) bond motifs is 1. The van der Waals surface area contributed by atoms with E-state index in [1.807, 2.05) is 18.2 Å². The number of allylic oxidation sites excluding steroid dienone is 7. The molecule has 0 bridgehead atoms. The Morgan fingerprint density at radius 3 is 2.81 bits per heavy atom. The van der Waals surface area contributed by atoms with Gasteiger partial charge in [-0.15, -0.1) is 0 Å². The molecule has 190 valence electrons. The molecule has 1 unspecified atom stereocenters. The highest BCUT2D eigenvalue weighted by Gasteiger charge is 2.31. The molecule has 0 saturated heterocycles. The first-order chi connectivity index (χ1) is 17.8. The lowest BCUT2D eigenvalue weighted by Crippen LogP contribution is -2.25. The van der Waals surface area contributed by atoms with Crippen molar-refractivity contribution in [3.63, 3.8) is 0 Å². The van der Waals surface area contributed by atoms with E-state index in [0.29, 0.717) is 47.2 Å². The van der Waals surface area contributed by atoms with Crippen LogP contribution in [-0.2, 0) is 14.3 Å². The molecule has 10 nitrogen and oxygen atoms in total. The smallest absolute Gasteiger partial charge is 0.267 e. The number of nitrogens with two attached hydrogens (primary N) is 2. The Hall–Kier alpha value is -4.44. The highest BCUT2D eigenvalue weighted by atomic mass is 35.5. The number of halogens is 1. The maximum absolute atomic E-state index is 12.2. The van der Waals surface area contributed by atoms with Crippen molar-refractivity contribution in [2.75, 3.05) is 12.3 Å². The number of nitrogens with zero attached hydrogens (tertiary/aromatic N) is 2. The second-order valence-electron chi connectivity index (χ2n) is 8.50. The van der Waals surface area contributed by atoms with Crippen LogP contribution in [0.2, 0.25) is 0 Å². The van der Waals surface area contributed by atoms with E-state index in [9.17, 15) is 9.59 Å². The third kappa shape index (κ3) is 6.62. The van der Waals surface area contributed by atoms with E-state index in [0.717, 1.165) is 22.9 Å². The van der Waals surface area contributed by atoms with Crippen molar-refractivity contribution in [2.24, 2.45) is 16.8 Å². The third-order valence-electron chi connectivity index (χ3n) is 5.90. The fourth-order valence-corrected chi connectivity index (χ4v) is 4.31. The first-order valence-corrected chi connectivity index (χ1v) is 11.9. The number of nitrogens with one attached hydrogen (secondary N) is 3. The summed E-state index contributed by atoms with van der Waals surface area (Å²) in [6.07, 6.45) is 15.0. The lowest BCUT2D eigenvalue weighted by Gasteiger charge is -2.23. The number of anilines is 1. The summed E-state index contributed by atoms with van der Waals surface area (Å²) >= 11 is 6.53.